The van der Waals surface area contributed by atoms with Crippen LogP contribution >= 0.6 is 23.1 Å². The Labute approximate surface area is 90.4 Å². The standard InChI is InChI=1S/C8H11NO3S2/c1-2-12-4-6-14-8-7(9(10)11)3-5-13-8/h3,5H,2,4,6H2,1H3. The van der Waals surface area contributed by atoms with Crippen molar-refractivity contribution >= 4 is 28.8 Å². The van der Waals surface area contributed by atoms with Crippen LogP contribution in [0, 0.1) is 10.1 Å². The Hall–Kier alpha value is -0.590. The third-order valence-electron chi connectivity index (χ3n) is 1.47. The summed E-state index contributed by atoms with van der Waals surface area (Å²) in [6.07, 6.45) is 0. The minimum Gasteiger partial charge on any atom is -0.381 e. The van der Waals surface area contributed by atoms with E-state index in [0.29, 0.717) is 13.2 Å². The third kappa shape index (κ3) is 3.28. The van der Waals surface area contributed by atoms with Crippen LogP contribution in [0.1, 0.15) is 6.92 Å². The molecule has 0 saturated heterocycles. The second-order valence-corrected chi connectivity index (χ2v) is 4.68. The zero-order valence-corrected chi connectivity index (χ0v) is 9.40. The highest BCUT2D eigenvalue weighted by atomic mass is 32.2. The molecular formula is C8H11NO3S2. The minimum atomic E-state index is -0.348. The molecule has 0 radical (unpaired) electrons. The van der Waals surface area contributed by atoms with Crippen LogP contribution in [0.25, 0.3) is 0 Å². The van der Waals surface area contributed by atoms with Gasteiger partial charge in [-0.3, -0.25) is 10.1 Å². The summed E-state index contributed by atoms with van der Waals surface area (Å²) in [5, 5.41) is 12.3. The largest absolute Gasteiger partial charge is 0.381 e. The number of rotatable bonds is 6. The maximum Gasteiger partial charge on any atom is 0.293 e. The van der Waals surface area contributed by atoms with E-state index in [9.17, 15) is 10.1 Å². The zero-order chi connectivity index (χ0) is 10.4. The number of nitrogens with zero attached hydrogens (tertiary/aromatic N) is 1. The highest BCUT2D eigenvalue weighted by molar-refractivity contribution is 8.01. The van der Waals surface area contributed by atoms with E-state index < -0.39 is 0 Å². The summed E-state index contributed by atoms with van der Waals surface area (Å²) in [5.41, 5.74) is 0.205. The number of hydrogen-bond acceptors (Lipinski definition) is 5. The summed E-state index contributed by atoms with van der Waals surface area (Å²) in [5.74, 6) is 0.759. The van der Waals surface area contributed by atoms with E-state index >= 15 is 0 Å². The molecule has 4 nitrogen and oxygen atoms in total. The molecule has 0 fully saturated rings. The Morgan fingerprint density at radius 3 is 3.14 bits per heavy atom. The van der Waals surface area contributed by atoms with Crippen LogP contribution < -0.4 is 0 Å². The second kappa shape index (κ2) is 6.00. The van der Waals surface area contributed by atoms with E-state index in [1.165, 1.54) is 29.2 Å². The topological polar surface area (TPSA) is 52.4 Å². The minimum absolute atomic E-state index is 0.205. The molecule has 0 atom stereocenters. The van der Waals surface area contributed by atoms with Gasteiger partial charge in [-0.25, -0.2) is 0 Å². The first-order valence-electron chi connectivity index (χ1n) is 4.18. The lowest BCUT2D eigenvalue weighted by atomic mass is 10.6. The van der Waals surface area contributed by atoms with Crippen molar-refractivity contribution in [2.24, 2.45) is 0 Å². The molecule has 0 bridgehead atoms. The van der Waals surface area contributed by atoms with Gasteiger partial charge >= 0.3 is 0 Å². The van der Waals surface area contributed by atoms with Gasteiger partial charge < -0.3 is 4.74 Å². The fourth-order valence-electron chi connectivity index (χ4n) is 0.870. The molecule has 0 aliphatic rings. The van der Waals surface area contributed by atoms with Crippen molar-refractivity contribution in [3.05, 3.63) is 21.6 Å². The highest BCUT2D eigenvalue weighted by Gasteiger charge is 2.14. The number of hydrogen-bond donors (Lipinski definition) is 0. The molecule has 0 aromatic carbocycles. The molecule has 0 unspecified atom stereocenters. The lowest BCUT2D eigenvalue weighted by Crippen LogP contribution is -1.95. The first-order chi connectivity index (χ1) is 6.75. The van der Waals surface area contributed by atoms with Crippen LogP contribution in [0.5, 0.6) is 0 Å². The summed E-state index contributed by atoms with van der Waals surface area (Å²) in [6, 6.07) is 1.54. The SMILES string of the molecule is CCOCCSc1sccc1[N+](=O)[O-]. The molecule has 1 rings (SSSR count). The summed E-state index contributed by atoms with van der Waals surface area (Å²) in [4.78, 5) is 10.2. The van der Waals surface area contributed by atoms with Crippen molar-refractivity contribution < 1.29 is 9.66 Å². The van der Waals surface area contributed by atoms with Crippen LogP contribution in [0.3, 0.4) is 0 Å². The molecule has 6 heteroatoms. The van der Waals surface area contributed by atoms with Crippen molar-refractivity contribution in [2.45, 2.75) is 11.1 Å². The van der Waals surface area contributed by atoms with Gasteiger partial charge in [-0.1, -0.05) is 0 Å². The summed E-state index contributed by atoms with van der Waals surface area (Å²) in [7, 11) is 0. The monoisotopic (exact) mass is 233 g/mol. The average Bonchev–Trinajstić information content (AvgIpc) is 2.60. The fraction of sp³-hybridized carbons (Fsp3) is 0.500. The maximum absolute atomic E-state index is 10.5. The Bertz CT molecular complexity index is 301. The predicted molar refractivity (Wildman–Crippen MR) is 58.2 cm³/mol. The number of thiophene rings is 1. The van der Waals surface area contributed by atoms with Crippen molar-refractivity contribution in [1.82, 2.24) is 0 Å². The molecule has 78 valence electrons. The quantitative estimate of drug-likeness (QED) is 0.328. The van der Waals surface area contributed by atoms with Gasteiger partial charge in [-0.15, -0.1) is 23.1 Å². The Morgan fingerprint density at radius 2 is 2.50 bits per heavy atom. The molecular weight excluding hydrogens is 222 g/mol. The van der Waals surface area contributed by atoms with E-state index in [-0.39, 0.29) is 10.6 Å². The molecule has 14 heavy (non-hydrogen) atoms. The maximum atomic E-state index is 10.5. The Balaban J connectivity index is 2.42. The van der Waals surface area contributed by atoms with E-state index in [2.05, 4.69) is 0 Å². The summed E-state index contributed by atoms with van der Waals surface area (Å²) >= 11 is 2.88. The van der Waals surface area contributed by atoms with Crippen LogP contribution in [0.2, 0.25) is 0 Å². The smallest absolute Gasteiger partial charge is 0.293 e. The first-order valence-corrected chi connectivity index (χ1v) is 6.04. The number of ether oxygens (including phenoxy) is 1. The van der Waals surface area contributed by atoms with Gasteiger partial charge in [0.1, 0.15) is 4.21 Å². The fourth-order valence-corrected chi connectivity index (χ4v) is 2.82. The van der Waals surface area contributed by atoms with E-state index in [0.717, 1.165) is 9.96 Å². The van der Waals surface area contributed by atoms with Gasteiger partial charge in [0.2, 0.25) is 0 Å². The van der Waals surface area contributed by atoms with Crippen LogP contribution in [0.15, 0.2) is 15.7 Å². The average molecular weight is 233 g/mol. The molecule has 1 aromatic rings. The van der Waals surface area contributed by atoms with Gasteiger partial charge in [-0.2, -0.15) is 0 Å². The van der Waals surface area contributed by atoms with Crippen molar-refractivity contribution in [1.29, 1.82) is 0 Å². The second-order valence-electron chi connectivity index (χ2n) is 2.40. The summed E-state index contributed by atoms with van der Waals surface area (Å²) < 4.78 is 5.91. The third-order valence-corrected chi connectivity index (χ3v) is 3.65. The molecule has 0 spiro atoms. The van der Waals surface area contributed by atoms with E-state index in [1.807, 2.05) is 6.92 Å². The predicted octanol–water partition coefficient (Wildman–Crippen LogP) is 2.78. The van der Waals surface area contributed by atoms with Crippen LogP contribution in [0.4, 0.5) is 5.69 Å². The summed E-state index contributed by atoms with van der Waals surface area (Å²) in [6.45, 7) is 3.25. The molecule has 0 N–H and O–H groups in total. The molecule has 0 amide bonds. The van der Waals surface area contributed by atoms with Crippen molar-refractivity contribution in [2.75, 3.05) is 19.0 Å². The Kier molecular flexibility index (Phi) is 4.92. The lowest BCUT2D eigenvalue weighted by molar-refractivity contribution is -0.387. The van der Waals surface area contributed by atoms with Crippen LogP contribution in [-0.2, 0) is 4.74 Å². The van der Waals surface area contributed by atoms with Crippen LogP contribution in [-0.4, -0.2) is 23.9 Å². The zero-order valence-electron chi connectivity index (χ0n) is 7.76. The highest BCUT2D eigenvalue weighted by Crippen LogP contribution is 2.34. The molecule has 0 aliphatic carbocycles. The number of nitro groups is 1. The molecule has 0 saturated carbocycles. The normalized spacial score (nSPS) is 10.4. The molecule has 1 heterocycles. The Morgan fingerprint density at radius 1 is 1.71 bits per heavy atom. The number of thioether (sulfide) groups is 1. The van der Waals surface area contributed by atoms with Crippen molar-refractivity contribution in [3.8, 4) is 0 Å². The molecule has 1 aromatic heterocycles. The van der Waals surface area contributed by atoms with E-state index in [1.54, 1.807) is 5.38 Å². The first kappa shape index (κ1) is 11.5. The van der Waals surface area contributed by atoms with E-state index in [4.69, 9.17) is 4.74 Å². The lowest BCUT2D eigenvalue weighted by Gasteiger charge is -1.98. The van der Waals surface area contributed by atoms with Gasteiger partial charge in [0.05, 0.1) is 11.5 Å². The van der Waals surface area contributed by atoms with Gasteiger partial charge in [0, 0.05) is 18.4 Å². The van der Waals surface area contributed by atoms with Gasteiger partial charge in [0.25, 0.3) is 5.69 Å². The van der Waals surface area contributed by atoms with Gasteiger partial charge in [-0.05, 0) is 12.3 Å². The van der Waals surface area contributed by atoms with Crippen molar-refractivity contribution in [3.63, 3.8) is 0 Å². The molecule has 0 aliphatic heterocycles. The van der Waals surface area contributed by atoms with Gasteiger partial charge in [0.15, 0.2) is 0 Å².